The zero-order valence-electron chi connectivity index (χ0n) is 22.2. The molecule has 10 nitrogen and oxygen atoms in total. The van der Waals surface area contributed by atoms with E-state index in [0.717, 1.165) is 45.7 Å². The molecule has 0 aliphatic heterocycles. The summed E-state index contributed by atoms with van der Waals surface area (Å²) in [5, 5.41) is 18.6. The van der Waals surface area contributed by atoms with Crippen LogP contribution < -0.4 is 0 Å². The standard InChI is InChI=1S/C16H10Br2N2O2S.C14H8N2O4S/c17-7-13(21)10-3-1-9(2-4-10)11-5-6-12(14(22)8-18)16-15(11)19-23-20-16;17-13(18)8-3-1-7(2-4-8)9-5-6-10(14(19)20)12-11(9)15-21-16-12/h1-6H,7-8H2;1-6H,(H,17,18)(H,19,20). The van der Waals surface area contributed by atoms with Crippen LogP contribution in [0, 0.1) is 0 Å². The van der Waals surface area contributed by atoms with E-state index in [1.165, 1.54) is 18.2 Å². The Kier molecular flexibility index (Phi) is 9.64. The Morgan fingerprint density at radius 1 is 0.523 bits per heavy atom. The highest BCUT2D eigenvalue weighted by atomic mass is 79.9. The Hall–Kier alpha value is -4.24. The minimum atomic E-state index is -1.06. The summed E-state index contributed by atoms with van der Waals surface area (Å²) in [7, 11) is 0. The van der Waals surface area contributed by atoms with E-state index >= 15 is 0 Å². The van der Waals surface area contributed by atoms with Gasteiger partial charge >= 0.3 is 11.9 Å². The van der Waals surface area contributed by atoms with Gasteiger partial charge in [-0.25, -0.2) is 9.59 Å². The van der Waals surface area contributed by atoms with E-state index in [0.29, 0.717) is 38.5 Å². The average molecular weight is 754 g/mol. The first-order valence-electron chi connectivity index (χ1n) is 12.6. The summed E-state index contributed by atoms with van der Waals surface area (Å²) in [6.45, 7) is 0. The number of nitrogens with zero attached hydrogens (tertiary/aromatic N) is 4. The molecule has 0 aliphatic carbocycles. The van der Waals surface area contributed by atoms with Crippen LogP contribution >= 0.6 is 55.3 Å². The van der Waals surface area contributed by atoms with Crippen LogP contribution in [0.4, 0.5) is 0 Å². The lowest BCUT2D eigenvalue weighted by atomic mass is 9.99. The van der Waals surface area contributed by atoms with Crippen molar-refractivity contribution in [3.8, 4) is 22.3 Å². The van der Waals surface area contributed by atoms with Crippen LogP contribution in [0.15, 0.2) is 72.8 Å². The molecule has 0 saturated carbocycles. The number of carbonyl (C=O) groups is 4. The number of fused-ring (bicyclic) bond motifs is 2. The van der Waals surface area contributed by atoms with Crippen LogP contribution in [0.2, 0.25) is 0 Å². The molecule has 2 heterocycles. The number of aromatic carboxylic acids is 2. The third kappa shape index (κ3) is 6.33. The van der Waals surface area contributed by atoms with E-state index in [1.807, 2.05) is 18.2 Å². The predicted octanol–water partition coefficient (Wildman–Crippen LogP) is 7.27. The first kappa shape index (κ1) is 31.2. The molecule has 4 aromatic carbocycles. The molecule has 14 heteroatoms. The van der Waals surface area contributed by atoms with Crippen molar-refractivity contribution >= 4 is 101 Å². The number of carbonyl (C=O) groups excluding carboxylic acids is 2. The van der Waals surface area contributed by atoms with Crippen molar-refractivity contribution in [1.29, 1.82) is 0 Å². The van der Waals surface area contributed by atoms with Crippen LogP contribution in [-0.4, -0.2) is 61.9 Å². The number of Topliss-reactive ketones (excluding diaryl/α,β-unsaturated/α-hetero) is 2. The smallest absolute Gasteiger partial charge is 0.338 e. The molecular formula is C30H18Br2N4O6S2. The molecule has 44 heavy (non-hydrogen) atoms. The number of rotatable bonds is 8. The van der Waals surface area contributed by atoms with Crippen molar-refractivity contribution in [2.24, 2.45) is 0 Å². The molecule has 0 spiro atoms. The predicted molar refractivity (Wildman–Crippen MR) is 176 cm³/mol. The van der Waals surface area contributed by atoms with Gasteiger partial charge in [0.15, 0.2) is 11.6 Å². The SMILES string of the molecule is O=C(CBr)c1ccc(-c2ccc(C(=O)CBr)c3nsnc23)cc1.O=C(O)c1ccc(-c2ccc(C(=O)O)c3nsnc23)cc1. The van der Waals surface area contributed by atoms with Crippen LogP contribution in [0.5, 0.6) is 0 Å². The highest BCUT2D eigenvalue weighted by molar-refractivity contribution is 9.09. The van der Waals surface area contributed by atoms with Gasteiger partial charge < -0.3 is 10.2 Å². The maximum atomic E-state index is 12.0. The molecule has 2 aromatic heterocycles. The van der Waals surface area contributed by atoms with Crippen molar-refractivity contribution in [2.45, 2.75) is 0 Å². The van der Waals surface area contributed by atoms with Gasteiger partial charge in [-0.05, 0) is 35.4 Å². The van der Waals surface area contributed by atoms with Crippen molar-refractivity contribution in [1.82, 2.24) is 17.5 Å². The number of aromatic nitrogens is 4. The van der Waals surface area contributed by atoms with E-state index in [2.05, 4.69) is 49.4 Å². The Morgan fingerprint density at radius 2 is 0.955 bits per heavy atom. The zero-order valence-corrected chi connectivity index (χ0v) is 27.0. The van der Waals surface area contributed by atoms with Gasteiger partial charge in [-0.2, -0.15) is 17.5 Å². The minimum Gasteiger partial charge on any atom is -0.478 e. The second-order valence-corrected chi connectivity index (χ2v) is 11.3. The van der Waals surface area contributed by atoms with Crippen molar-refractivity contribution in [3.05, 3.63) is 95.1 Å². The monoisotopic (exact) mass is 752 g/mol. The van der Waals surface area contributed by atoms with Crippen LogP contribution in [0.1, 0.15) is 41.4 Å². The maximum absolute atomic E-state index is 12.0. The lowest BCUT2D eigenvalue weighted by Gasteiger charge is -2.06. The molecule has 220 valence electrons. The molecule has 0 fully saturated rings. The summed E-state index contributed by atoms with van der Waals surface area (Å²) < 4.78 is 16.8. The van der Waals surface area contributed by atoms with Gasteiger partial charge in [-0.1, -0.05) is 80.4 Å². The summed E-state index contributed by atoms with van der Waals surface area (Å²) >= 11 is 8.39. The zero-order chi connectivity index (χ0) is 31.4. The van der Waals surface area contributed by atoms with Gasteiger partial charge in [0.1, 0.15) is 22.1 Å². The molecule has 0 unspecified atom stereocenters. The molecule has 0 atom stereocenters. The first-order valence-corrected chi connectivity index (χ1v) is 16.3. The fourth-order valence-corrected chi connectivity index (χ4v) is 6.15. The molecular weight excluding hydrogens is 736 g/mol. The maximum Gasteiger partial charge on any atom is 0.338 e. The highest BCUT2D eigenvalue weighted by Gasteiger charge is 2.18. The number of benzene rings is 4. The topological polar surface area (TPSA) is 160 Å². The summed E-state index contributed by atoms with van der Waals surface area (Å²) in [4.78, 5) is 45.7. The number of alkyl halides is 2. The highest BCUT2D eigenvalue weighted by Crippen LogP contribution is 2.31. The second-order valence-electron chi connectivity index (χ2n) is 9.12. The van der Waals surface area contributed by atoms with E-state index in [-0.39, 0.29) is 28.0 Å². The van der Waals surface area contributed by atoms with Crippen molar-refractivity contribution in [3.63, 3.8) is 0 Å². The normalized spacial score (nSPS) is 10.8. The number of carboxylic acids is 2. The molecule has 0 aliphatic rings. The Morgan fingerprint density at radius 3 is 1.41 bits per heavy atom. The largest absolute Gasteiger partial charge is 0.478 e. The van der Waals surface area contributed by atoms with Gasteiger partial charge in [-0.15, -0.1) is 0 Å². The minimum absolute atomic E-state index is 0.0208. The summed E-state index contributed by atoms with van der Waals surface area (Å²) in [6.07, 6.45) is 0. The van der Waals surface area contributed by atoms with E-state index in [9.17, 15) is 19.2 Å². The molecule has 0 saturated heterocycles. The van der Waals surface area contributed by atoms with E-state index < -0.39 is 11.9 Å². The van der Waals surface area contributed by atoms with Crippen LogP contribution in [0.3, 0.4) is 0 Å². The van der Waals surface area contributed by atoms with Gasteiger partial charge in [0, 0.05) is 22.3 Å². The number of hydrogen-bond donors (Lipinski definition) is 2. The van der Waals surface area contributed by atoms with Gasteiger partial charge in [0.2, 0.25) is 0 Å². The molecule has 0 amide bonds. The summed E-state index contributed by atoms with van der Waals surface area (Å²) in [5.74, 6) is -2.04. The molecule has 2 N–H and O–H groups in total. The van der Waals surface area contributed by atoms with Gasteiger partial charge in [-0.3, -0.25) is 9.59 Å². The molecule has 0 radical (unpaired) electrons. The average Bonchev–Trinajstić information content (AvgIpc) is 3.74. The summed E-state index contributed by atoms with van der Waals surface area (Å²) in [6, 6.07) is 20.5. The molecule has 6 rings (SSSR count). The number of halogens is 2. The lowest BCUT2D eigenvalue weighted by Crippen LogP contribution is -2.01. The van der Waals surface area contributed by atoms with E-state index in [4.69, 9.17) is 10.2 Å². The van der Waals surface area contributed by atoms with Crippen molar-refractivity contribution < 1.29 is 29.4 Å². The Bertz CT molecular complexity index is 2040. The van der Waals surface area contributed by atoms with Gasteiger partial charge in [0.05, 0.1) is 45.2 Å². The van der Waals surface area contributed by atoms with Crippen LogP contribution in [0.25, 0.3) is 44.3 Å². The first-order chi connectivity index (χ1) is 21.2. The summed E-state index contributed by atoms with van der Waals surface area (Å²) in [5.41, 5.74) is 7.01. The lowest BCUT2D eigenvalue weighted by molar-refractivity contribution is 0.0687. The number of hydrogen-bond acceptors (Lipinski definition) is 10. The molecule has 6 aromatic rings. The van der Waals surface area contributed by atoms with Crippen LogP contribution in [-0.2, 0) is 0 Å². The second kappa shape index (κ2) is 13.6. The number of ketones is 2. The third-order valence-electron chi connectivity index (χ3n) is 6.57. The Labute approximate surface area is 274 Å². The van der Waals surface area contributed by atoms with Gasteiger partial charge in [0.25, 0.3) is 0 Å². The third-order valence-corrected chi connectivity index (χ3v) is 8.64. The fraction of sp³-hybridized carbons (Fsp3) is 0.0667. The fourth-order valence-electron chi connectivity index (χ4n) is 4.37. The quantitative estimate of drug-likeness (QED) is 0.120. The van der Waals surface area contributed by atoms with Crippen molar-refractivity contribution in [2.75, 3.05) is 10.7 Å². The van der Waals surface area contributed by atoms with E-state index in [1.54, 1.807) is 36.4 Å². The number of carboxylic acid groups (broad SMARTS) is 2. The Balaban J connectivity index is 0.000000175. The molecule has 0 bridgehead atoms.